The fourth-order valence-electron chi connectivity index (χ4n) is 1.69. The number of hydrogen-bond donors (Lipinski definition) is 2. The normalized spacial score (nSPS) is 11.1. The Bertz CT molecular complexity index is 706. The van der Waals surface area contributed by atoms with E-state index in [1.54, 1.807) is 12.4 Å². The number of halogens is 1. The van der Waals surface area contributed by atoms with Crippen LogP contribution in [0.25, 0.3) is 11.0 Å². The summed E-state index contributed by atoms with van der Waals surface area (Å²) in [6.45, 7) is 2.44. The number of nitrogens with zero attached hydrogens (tertiary/aromatic N) is 4. The highest BCUT2D eigenvalue weighted by molar-refractivity contribution is 6.28. The van der Waals surface area contributed by atoms with Crippen LogP contribution in [-0.4, -0.2) is 25.1 Å². The van der Waals surface area contributed by atoms with E-state index in [1.807, 2.05) is 6.92 Å². The second kappa shape index (κ2) is 4.85. The van der Waals surface area contributed by atoms with Crippen molar-refractivity contribution >= 4 is 28.5 Å². The van der Waals surface area contributed by atoms with Gasteiger partial charge in [0, 0.05) is 6.42 Å². The molecule has 3 aromatic heterocycles. The first-order valence-electron chi connectivity index (χ1n) is 5.80. The molecule has 8 heteroatoms. The van der Waals surface area contributed by atoms with Crippen LogP contribution in [0.1, 0.15) is 18.6 Å². The summed E-state index contributed by atoms with van der Waals surface area (Å²) in [5.74, 6) is 2.05. The van der Waals surface area contributed by atoms with Crippen molar-refractivity contribution in [3.8, 4) is 0 Å². The molecule has 3 heterocycles. The molecular formula is C11H11ClN6O. The van der Waals surface area contributed by atoms with Gasteiger partial charge in [-0.25, -0.2) is 4.98 Å². The smallest absolute Gasteiger partial charge is 0.226 e. The van der Waals surface area contributed by atoms with Crippen LogP contribution in [0.2, 0.25) is 5.28 Å². The first kappa shape index (κ1) is 11.9. The molecule has 7 nitrogen and oxygen atoms in total. The van der Waals surface area contributed by atoms with Gasteiger partial charge < -0.3 is 9.73 Å². The maximum Gasteiger partial charge on any atom is 0.226 e. The van der Waals surface area contributed by atoms with E-state index < -0.39 is 0 Å². The first-order valence-corrected chi connectivity index (χ1v) is 6.18. The summed E-state index contributed by atoms with van der Waals surface area (Å²) in [5.41, 5.74) is 0.587. The van der Waals surface area contributed by atoms with Crippen molar-refractivity contribution in [1.29, 1.82) is 0 Å². The van der Waals surface area contributed by atoms with Gasteiger partial charge in [0.2, 0.25) is 11.2 Å². The summed E-state index contributed by atoms with van der Waals surface area (Å²) in [4.78, 5) is 12.3. The van der Waals surface area contributed by atoms with E-state index in [1.165, 1.54) is 0 Å². The average molecular weight is 279 g/mol. The topological polar surface area (TPSA) is 92.5 Å². The van der Waals surface area contributed by atoms with Crippen molar-refractivity contribution in [2.45, 2.75) is 19.9 Å². The fraction of sp³-hybridized carbons (Fsp3) is 0.273. The number of aromatic amines is 1. The summed E-state index contributed by atoms with van der Waals surface area (Å²) in [5, 5.41) is 10.7. The predicted octanol–water partition coefficient (Wildman–Crippen LogP) is 2.17. The number of rotatable bonds is 4. The van der Waals surface area contributed by atoms with Crippen molar-refractivity contribution in [2.24, 2.45) is 0 Å². The molecule has 0 bridgehead atoms. The maximum absolute atomic E-state index is 5.84. The zero-order chi connectivity index (χ0) is 13.2. The van der Waals surface area contributed by atoms with Gasteiger partial charge in [0.15, 0.2) is 5.65 Å². The highest BCUT2D eigenvalue weighted by Gasteiger charge is 2.09. The van der Waals surface area contributed by atoms with Crippen LogP contribution in [0.15, 0.2) is 16.8 Å². The SMILES string of the molecule is CCc1cnc(CNc2nc(Cl)nc3[nH]ncc23)o1. The Hall–Kier alpha value is -2.15. The number of aryl methyl sites for hydroxylation is 1. The second-order valence-electron chi connectivity index (χ2n) is 3.90. The quantitative estimate of drug-likeness (QED) is 0.711. The van der Waals surface area contributed by atoms with Crippen LogP contribution in [0.3, 0.4) is 0 Å². The zero-order valence-corrected chi connectivity index (χ0v) is 10.9. The standard InChI is InChI=1S/C11H11ClN6O/c1-2-6-3-13-8(19-6)5-14-9-7-4-15-18-10(7)17-11(12)16-9/h3-4H,2,5H2,1H3,(H2,14,15,16,17,18). The van der Waals surface area contributed by atoms with Gasteiger partial charge in [0.05, 0.1) is 24.3 Å². The van der Waals surface area contributed by atoms with Crippen LogP contribution >= 0.6 is 11.6 Å². The van der Waals surface area contributed by atoms with Crippen LogP contribution in [0, 0.1) is 0 Å². The molecule has 2 N–H and O–H groups in total. The third-order valence-electron chi connectivity index (χ3n) is 2.64. The van der Waals surface area contributed by atoms with Crippen molar-refractivity contribution in [3.05, 3.63) is 29.3 Å². The number of aromatic nitrogens is 5. The summed E-state index contributed by atoms with van der Waals surface area (Å²) in [7, 11) is 0. The van der Waals surface area contributed by atoms with Gasteiger partial charge in [-0.15, -0.1) is 0 Å². The number of nitrogens with one attached hydrogen (secondary N) is 2. The molecule has 98 valence electrons. The van der Waals surface area contributed by atoms with Crippen LogP contribution in [0.4, 0.5) is 5.82 Å². The number of anilines is 1. The average Bonchev–Trinajstić information content (AvgIpc) is 3.03. The van der Waals surface area contributed by atoms with E-state index in [2.05, 4.69) is 30.5 Å². The molecule has 0 amide bonds. The molecule has 3 rings (SSSR count). The van der Waals surface area contributed by atoms with E-state index in [0.29, 0.717) is 23.9 Å². The summed E-state index contributed by atoms with van der Waals surface area (Å²) in [6, 6.07) is 0. The van der Waals surface area contributed by atoms with Crippen molar-refractivity contribution in [2.75, 3.05) is 5.32 Å². The lowest BCUT2D eigenvalue weighted by molar-refractivity contribution is 0.465. The minimum Gasteiger partial charge on any atom is -0.444 e. The predicted molar refractivity (Wildman–Crippen MR) is 69.9 cm³/mol. The Morgan fingerprint density at radius 2 is 2.26 bits per heavy atom. The minimum absolute atomic E-state index is 0.154. The van der Waals surface area contributed by atoms with E-state index in [-0.39, 0.29) is 5.28 Å². The van der Waals surface area contributed by atoms with Crippen LogP contribution in [-0.2, 0) is 13.0 Å². The molecule has 0 atom stereocenters. The van der Waals surface area contributed by atoms with E-state index in [0.717, 1.165) is 17.6 Å². The Kier molecular flexibility index (Phi) is 3.04. The Morgan fingerprint density at radius 3 is 3.05 bits per heavy atom. The Morgan fingerprint density at radius 1 is 1.37 bits per heavy atom. The van der Waals surface area contributed by atoms with Crippen molar-refractivity contribution in [1.82, 2.24) is 25.1 Å². The van der Waals surface area contributed by atoms with Gasteiger partial charge in [0.25, 0.3) is 0 Å². The minimum atomic E-state index is 0.154. The molecule has 0 saturated carbocycles. The molecule has 0 unspecified atom stereocenters. The van der Waals surface area contributed by atoms with E-state index >= 15 is 0 Å². The van der Waals surface area contributed by atoms with Crippen molar-refractivity contribution in [3.63, 3.8) is 0 Å². The summed E-state index contributed by atoms with van der Waals surface area (Å²) in [6.07, 6.45) is 4.18. The van der Waals surface area contributed by atoms with Gasteiger partial charge in [-0.2, -0.15) is 15.1 Å². The number of oxazole rings is 1. The molecule has 3 aromatic rings. The van der Waals surface area contributed by atoms with Crippen molar-refractivity contribution < 1.29 is 4.42 Å². The number of H-pyrrole nitrogens is 1. The molecule has 0 aromatic carbocycles. The van der Waals surface area contributed by atoms with Crippen LogP contribution in [0.5, 0.6) is 0 Å². The lowest BCUT2D eigenvalue weighted by Crippen LogP contribution is -2.03. The zero-order valence-electron chi connectivity index (χ0n) is 10.1. The highest BCUT2D eigenvalue weighted by Crippen LogP contribution is 2.20. The van der Waals surface area contributed by atoms with Gasteiger partial charge >= 0.3 is 0 Å². The largest absolute Gasteiger partial charge is 0.444 e. The van der Waals surface area contributed by atoms with Gasteiger partial charge in [-0.3, -0.25) is 5.10 Å². The fourth-order valence-corrected chi connectivity index (χ4v) is 1.86. The molecular weight excluding hydrogens is 268 g/mol. The number of fused-ring (bicyclic) bond motifs is 1. The molecule has 0 aliphatic rings. The van der Waals surface area contributed by atoms with Crippen LogP contribution < -0.4 is 5.32 Å². The molecule has 0 aliphatic carbocycles. The van der Waals surface area contributed by atoms with Gasteiger partial charge in [0.1, 0.15) is 11.6 Å². The third-order valence-corrected chi connectivity index (χ3v) is 2.81. The number of hydrogen-bond acceptors (Lipinski definition) is 6. The Labute approximate surface area is 113 Å². The molecule has 0 spiro atoms. The molecule has 0 radical (unpaired) electrons. The Balaban J connectivity index is 1.83. The summed E-state index contributed by atoms with van der Waals surface area (Å²) < 4.78 is 5.50. The van der Waals surface area contributed by atoms with Gasteiger partial charge in [-0.1, -0.05) is 6.92 Å². The molecule has 0 saturated heterocycles. The second-order valence-corrected chi connectivity index (χ2v) is 4.24. The highest BCUT2D eigenvalue weighted by atomic mass is 35.5. The van der Waals surface area contributed by atoms with E-state index in [9.17, 15) is 0 Å². The lowest BCUT2D eigenvalue weighted by atomic mass is 10.4. The van der Waals surface area contributed by atoms with E-state index in [4.69, 9.17) is 16.0 Å². The first-order chi connectivity index (χ1) is 9.26. The maximum atomic E-state index is 5.84. The summed E-state index contributed by atoms with van der Waals surface area (Å²) >= 11 is 5.84. The third kappa shape index (κ3) is 2.37. The molecule has 19 heavy (non-hydrogen) atoms. The lowest BCUT2D eigenvalue weighted by Gasteiger charge is -2.04. The van der Waals surface area contributed by atoms with Gasteiger partial charge in [-0.05, 0) is 11.6 Å². The monoisotopic (exact) mass is 278 g/mol. The molecule has 0 aliphatic heterocycles. The molecule has 0 fully saturated rings.